The summed E-state index contributed by atoms with van der Waals surface area (Å²) in [6.45, 7) is 0.664. The smallest absolute Gasteiger partial charge is 0.406 e. The third-order valence-electron chi connectivity index (χ3n) is 4.21. The Hall–Kier alpha value is -2.22. The molecule has 0 saturated heterocycles. The molecule has 0 aliphatic heterocycles. The van der Waals surface area contributed by atoms with E-state index in [1.165, 1.54) is 12.1 Å². The first-order valence-electron chi connectivity index (χ1n) is 8.62. The van der Waals surface area contributed by atoms with Crippen molar-refractivity contribution in [1.29, 1.82) is 0 Å². The first-order chi connectivity index (χ1) is 13.6. The van der Waals surface area contributed by atoms with Gasteiger partial charge in [0.1, 0.15) is 5.75 Å². The SMILES string of the molecule is CN(C)C[C@@H](c1ccc(Cl)c(Cl)c1)n1cc(-c2ccc(OC(F)(F)F)cc2)cn1. The summed E-state index contributed by atoms with van der Waals surface area (Å²) in [7, 11) is 3.91. The number of aromatic nitrogens is 2. The normalized spacial score (nSPS) is 13.0. The Balaban J connectivity index is 1.88. The Kier molecular flexibility index (Phi) is 6.41. The highest BCUT2D eigenvalue weighted by Gasteiger charge is 2.31. The van der Waals surface area contributed by atoms with Gasteiger partial charge in [-0.3, -0.25) is 4.68 Å². The zero-order chi connectivity index (χ0) is 21.2. The molecule has 0 amide bonds. The van der Waals surface area contributed by atoms with Gasteiger partial charge in [0, 0.05) is 18.3 Å². The van der Waals surface area contributed by atoms with E-state index in [4.69, 9.17) is 23.2 Å². The average molecular weight is 444 g/mol. The zero-order valence-corrected chi connectivity index (χ0v) is 17.1. The number of rotatable bonds is 6. The quantitative estimate of drug-likeness (QED) is 0.474. The fraction of sp³-hybridized carbons (Fsp3) is 0.250. The summed E-state index contributed by atoms with van der Waals surface area (Å²) >= 11 is 12.2. The number of hydrogen-bond acceptors (Lipinski definition) is 3. The largest absolute Gasteiger partial charge is 0.573 e. The maximum atomic E-state index is 12.3. The van der Waals surface area contributed by atoms with E-state index < -0.39 is 6.36 Å². The van der Waals surface area contributed by atoms with Gasteiger partial charge >= 0.3 is 6.36 Å². The second-order valence-electron chi connectivity index (χ2n) is 6.73. The summed E-state index contributed by atoms with van der Waals surface area (Å²) in [5, 5.41) is 5.39. The van der Waals surface area contributed by atoms with E-state index in [1.54, 1.807) is 29.1 Å². The Morgan fingerprint density at radius 2 is 1.72 bits per heavy atom. The molecule has 0 aliphatic rings. The molecule has 0 spiro atoms. The van der Waals surface area contributed by atoms with E-state index >= 15 is 0 Å². The Labute approximate surface area is 176 Å². The van der Waals surface area contributed by atoms with Crippen molar-refractivity contribution < 1.29 is 17.9 Å². The van der Waals surface area contributed by atoms with E-state index in [1.807, 2.05) is 37.3 Å². The molecule has 0 aliphatic carbocycles. The van der Waals surface area contributed by atoms with Gasteiger partial charge in [-0.1, -0.05) is 41.4 Å². The number of nitrogens with zero attached hydrogens (tertiary/aromatic N) is 3. The van der Waals surface area contributed by atoms with Crippen molar-refractivity contribution in [3.05, 3.63) is 70.5 Å². The van der Waals surface area contributed by atoms with Crippen LogP contribution in [-0.2, 0) is 0 Å². The lowest BCUT2D eigenvalue weighted by Crippen LogP contribution is -2.25. The molecule has 154 valence electrons. The minimum absolute atomic E-state index is 0.124. The van der Waals surface area contributed by atoms with Gasteiger partial charge in [-0.05, 0) is 49.5 Å². The molecule has 0 radical (unpaired) electrons. The predicted molar refractivity (Wildman–Crippen MR) is 108 cm³/mol. The topological polar surface area (TPSA) is 30.3 Å². The summed E-state index contributed by atoms with van der Waals surface area (Å²) < 4.78 is 42.7. The third-order valence-corrected chi connectivity index (χ3v) is 4.95. The van der Waals surface area contributed by atoms with Crippen LogP contribution in [0.15, 0.2) is 54.9 Å². The van der Waals surface area contributed by atoms with Crippen molar-refractivity contribution >= 4 is 23.2 Å². The Morgan fingerprint density at radius 3 is 2.31 bits per heavy atom. The molecule has 2 aromatic carbocycles. The van der Waals surface area contributed by atoms with Gasteiger partial charge in [0.05, 0.1) is 22.3 Å². The van der Waals surface area contributed by atoms with Crippen LogP contribution in [0, 0.1) is 0 Å². The van der Waals surface area contributed by atoms with Crippen LogP contribution < -0.4 is 4.74 Å². The van der Waals surface area contributed by atoms with Gasteiger partial charge < -0.3 is 9.64 Å². The number of ether oxygens (including phenoxy) is 1. The summed E-state index contributed by atoms with van der Waals surface area (Å²) in [5.74, 6) is -0.269. The molecule has 1 atom stereocenters. The second-order valence-corrected chi connectivity index (χ2v) is 7.55. The maximum Gasteiger partial charge on any atom is 0.573 e. The van der Waals surface area contributed by atoms with Crippen LogP contribution in [0.3, 0.4) is 0 Å². The fourth-order valence-electron chi connectivity index (χ4n) is 2.91. The number of halogens is 5. The molecule has 0 saturated carbocycles. The molecule has 1 aromatic heterocycles. The van der Waals surface area contributed by atoms with Crippen LogP contribution in [0.2, 0.25) is 10.0 Å². The lowest BCUT2D eigenvalue weighted by atomic mass is 10.1. The van der Waals surface area contributed by atoms with E-state index in [0.717, 1.165) is 16.7 Å². The van der Waals surface area contributed by atoms with Crippen molar-refractivity contribution in [2.75, 3.05) is 20.6 Å². The highest BCUT2D eigenvalue weighted by Crippen LogP contribution is 2.30. The molecular formula is C20H18Cl2F3N3O. The Morgan fingerprint density at radius 1 is 1.03 bits per heavy atom. The van der Waals surface area contributed by atoms with Crippen LogP contribution in [0.1, 0.15) is 11.6 Å². The summed E-state index contributed by atoms with van der Waals surface area (Å²) in [4.78, 5) is 2.03. The van der Waals surface area contributed by atoms with Gasteiger partial charge in [-0.15, -0.1) is 13.2 Å². The summed E-state index contributed by atoms with van der Waals surface area (Å²) in [6.07, 6.45) is -1.21. The Bertz CT molecular complexity index is 972. The molecule has 4 nitrogen and oxygen atoms in total. The number of alkyl halides is 3. The molecule has 9 heteroatoms. The molecular weight excluding hydrogens is 426 g/mol. The zero-order valence-electron chi connectivity index (χ0n) is 15.6. The van der Waals surface area contributed by atoms with E-state index in [0.29, 0.717) is 16.6 Å². The molecule has 3 aromatic rings. The molecule has 3 rings (SSSR count). The fourth-order valence-corrected chi connectivity index (χ4v) is 3.22. The summed E-state index contributed by atoms with van der Waals surface area (Å²) in [6, 6.07) is 11.0. The molecule has 0 fully saturated rings. The van der Waals surface area contributed by atoms with Crippen molar-refractivity contribution in [2.24, 2.45) is 0 Å². The number of likely N-dealkylation sites (N-methyl/N-ethyl adjacent to an activating group) is 1. The molecule has 1 heterocycles. The van der Waals surface area contributed by atoms with Crippen LogP contribution in [-0.4, -0.2) is 41.7 Å². The van der Waals surface area contributed by atoms with Crippen LogP contribution in [0.25, 0.3) is 11.1 Å². The molecule has 0 unspecified atom stereocenters. The standard InChI is InChI=1S/C20H18Cl2F3N3O/c1-27(2)12-19(14-5-8-17(21)18(22)9-14)28-11-15(10-26-28)13-3-6-16(7-4-13)29-20(23,24)25/h3-11,19H,12H2,1-2H3/t19-/m0/s1. The van der Waals surface area contributed by atoms with Gasteiger partial charge in [-0.2, -0.15) is 5.10 Å². The van der Waals surface area contributed by atoms with Crippen molar-refractivity contribution in [3.8, 4) is 16.9 Å². The van der Waals surface area contributed by atoms with Gasteiger partial charge in [0.25, 0.3) is 0 Å². The third kappa shape index (κ3) is 5.65. The van der Waals surface area contributed by atoms with Gasteiger partial charge in [0.15, 0.2) is 0 Å². The molecule has 0 N–H and O–H groups in total. The number of benzene rings is 2. The van der Waals surface area contributed by atoms with E-state index in [2.05, 4.69) is 9.84 Å². The average Bonchev–Trinajstić information content (AvgIpc) is 3.11. The van der Waals surface area contributed by atoms with Gasteiger partial charge in [-0.25, -0.2) is 0 Å². The minimum atomic E-state index is -4.72. The lowest BCUT2D eigenvalue weighted by molar-refractivity contribution is -0.274. The first kappa shape index (κ1) is 21.5. The number of hydrogen-bond donors (Lipinski definition) is 0. The molecule has 29 heavy (non-hydrogen) atoms. The second kappa shape index (κ2) is 8.65. The van der Waals surface area contributed by atoms with E-state index in [-0.39, 0.29) is 11.8 Å². The van der Waals surface area contributed by atoms with Gasteiger partial charge in [0.2, 0.25) is 0 Å². The lowest BCUT2D eigenvalue weighted by Gasteiger charge is -2.22. The van der Waals surface area contributed by atoms with Crippen LogP contribution >= 0.6 is 23.2 Å². The maximum absolute atomic E-state index is 12.3. The van der Waals surface area contributed by atoms with Crippen molar-refractivity contribution in [3.63, 3.8) is 0 Å². The predicted octanol–water partition coefficient (Wildman–Crippen LogP) is 5.91. The van der Waals surface area contributed by atoms with Crippen LogP contribution in [0.5, 0.6) is 5.75 Å². The highest BCUT2D eigenvalue weighted by atomic mass is 35.5. The van der Waals surface area contributed by atoms with E-state index in [9.17, 15) is 13.2 Å². The summed E-state index contributed by atoms with van der Waals surface area (Å²) in [5.41, 5.74) is 2.44. The van der Waals surface area contributed by atoms with Crippen LogP contribution in [0.4, 0.5) is 13.2 Å². The monoisotopic (exact) mass is 443 g/mol. The molecule has 0 bridgehead atoms. The first-order valence-corrected chi connectivity index (χ1v) is 9.38. The van der Waals surface area contributed by atoms with Crippen molar-refractivity contribution in [2.45, 2.75) is 12.4 Å². The minimum Gasteiger partial charge on any atom is -0.406 e. The van der Waals surface area contributed by atoms with Crippen molar-refractivity contribution in [1.82, 2.24) is 14.7 Å². The highest BCUT2D eigenvalue weighted by molar-refractivity contribution is 6.42.